The molecule has 0 unspecified atom stereocenters. The lowest BCUT2D eigenvalue weighted by molar-refractivity contribution is 0.590. The molecule has 2 N–H and O–H groups in total. The molecule has 0 radical (unpaired) electrons. The maximum absolute atomic E-state index is 13.2. The normalized spacial score (nSPS) is 15.1. The van der Waals surface area contributed by atoms with Crippen LogP contribution in [0.4, 0.5) is 11.4 Å². The van der Waals surface area contributed by atoms with Crippen LogP contribution in [-0.2, 0) is 9.84 Å². The Morgan fingerprint density at radius 2 is 1.63 bits per heavy atom. The molecule has 5 nitrogen and oxygen atoms in total. The molecule has 1 heterocycles. The fourth-order valence-corrected chi connectivity index (χ4v) is 5.21. The molecule has 0 aliphatic carbocycles. The van der Waals surface area contributed by atoms with Gasteiger partial charge in [0.05, 0.1) is 15.5 Å². The van der Waals surface area contributed by atoms with Gasteiger partial charge < -0.3 is 15.5 Å². The SMILES string of the molecule is CNc1c(S(=O)(=O)c2ccccc2)ccc2c(N3CCNCC3)cccc12. The number of nitrogens with zero attached hydrogens (tertiary/aromatic N) is 1. The van der Waals surface area contributed by atoms with Crippen LogP contribution in [0.25, 0.3) is 10.8 Å². The van der Waals surface area contributed by atoms with Gasteiger partial charge in [-0.3, -0.25) is 0 Å². The van der Waals surface area contributed by atoms with E-state index in [1.54, 1.807) is 37.4 Å². The largest absolute Gasteiger partial charge is 0.387 e. The van der Waals surface area contributed by atoms with Gasteiger partial charge in [0.25, 0.3) is 0 Å². The second-order valence-electron chi connectivity index (χ2n) is 6.61. The molecule has 4 rings (SSSR count). The highest BCUT2D eigenvalue weighted by atomic mass is 32.2. The highest BCUT2D eigenvalue weighted by molar-refractivity contribution is 7.91. The van der Waals surface area contributed by atoms with Crippen molar-refractivity contribution in [3.05, 3.63) is 60.7 Å². The predicted molar refractivity (Wildman–Crippen MR) is 110 cm³/mol. The maximum atomic E-state index is 13.2. The molecule has 0 spiro atoms. The smallest absolute Gasteiger partial charge is 0.208 e. The molecule has 0 bridgehead atoms. The van der Waals surface area contributed by atoms with Gasteiger partial charge in [-0.2, -0.15) is 0 Å². The van der Waals surface area contributed by atoms with E-state index >= 15 is 0 Å². The van der Waals surface area contributed by atoms with Crippen molar-refractivity contribution in [2.24, 2.45) is 0 Å². The topological polar surface area (TPSA) is 61.4 Å². The van der Waals surface area contributed by atoms with E-state index in [0.29, 0.717) is 15.5 Å². The molecule has 3 aromatic carbocycles. The minimum Gasteiger partial charge on any atom is -0.387 e. The van der Waals surface area contributed by atoms with Crippen LogP contribution in [0, 0.1) is 0 Å². The van der Waals surface area contributed by atoms with E-state index in [1.165, 1.54) is 0 Å². The van der Waals surface area contributed by atoms with Crippen LogP contribution in [0.2, 0.25) is 0 Å². The lowest BCUT2D eigenvalue weighted by atomic mass is 10.1. The third-order valence-corrected chi connectivity index (χ3v) is 6.86. The summed E-state index contributed by atoms with van der Waals surface area (Å²) in [6.07, 6.45) is 0. The minimum atomic E-state index is -3.60. The fourth-order valence-electron chi connectivity index (χ4n) is 3.71. The summed E-state index contributed by atoms with van der Waals surface area (Å²) in [4.78, 5) is 2.96. The summed E-state index contributed by atoms with van der Waals surface area (Å²) < 4.78 is 26.4. The van der Waals surface area contributed by atoms with E-state index < -0.39 is 9.84 Å². The van der Waals surface area contributed by atoms with Gasteiger partial charge in [-0.1, -0.05) is 36.4 Å². The van der Waals surface area contributed by atoms with Crippen molar-refractivity contribution in [3.63, 3.8) is 0 Å². The molecular weight excluding hydrogens is 358 g/mol. The number of sulfone groups is 1. The summed E-state index contributed by atoms with van der Waals surface area (Å²) in [5.74, 6) is 0. The number of anilines is 2. The Bertz CT molecular complexity index is 1060. The Morgan fingerprint density at radius 1 is 0.889 bits per heavy atom. The van der Waals surface area contributed by atoms with Crippen molar-refractivity contribution in [2.75, 3.05) is 43.4 Å². The van der Waals surface area contributed by atoms with E-state index in [4.69, 9.17) is 0 Å². The molecule has 1 aliphatic rings. The van der Waals surface area contributed by atoms with Crippen molar-refractivity contribution < 1.29 is 8.42 Å². The van der Waals surface area contributed by atoms with E-state index in [0.717, 1.165) is 42.6 Å². The lowest BCUT2D eigenvalue weighted by Gasteiger charge is -2.30. The lowest BCUT2D eigenvalue weighted by Crippen LogP contribution is -2.43. The Kier molecular flexibility index (Phi) is 4.76. The van der Waals surface area contributed by atoms with Gasteiger partial charge >= 0.3 is 0 Å². The van der Waals surface area contributed by atoms with Crippen LogP contribution in [-0.4, -0.2) is 41.6 Å². The summed E-state index contributed by atoms with van der Waals surface area (Å²) in [7, 11) is -1.82. The van der Waals surface area contributed by atoms with Gasteiger partial charge in [-0.05, 0) is 24.3 Å². The van der Waals surface area contributed by atoms with Gasteiger partial charge in [0.2, 0.25) is 9.84 Å². The van der Waals surface area contributed by atoms with Crippen LogP contribution in [0.3, 0.4) is 0 Å². The van der Waals surface area contributed by atoms with Crippen molar-refractivity contribution in [1.82, 2.24) is 5.32 Å². The second-order valence-corrected chi connectivity index (χ2v) is 8.53. The average Bonchev–Trinajstić information content (AvgIpc) is 2.73. The highest BCUT2D eigenvalue weighted by Crippen LogP contribution is 2.37. The number of hydrogen-bond acceptors (Lipinski definition) is 5. The highest BCUT2D eigenvalue weighted by Gasteiger charge is 2.23. The maximum Gasteiger partial charge on any atom is 0.208 e. The quantitative estimate of drug-likeness (QED) is 0.727. The first-order valence-electron chi connectivity index (χ1n) is 9.12. The zero-order valence-electron chi connectivity index (χ0n) is 15.3. The molecule has 3 aromatic rings. The fraction of sp³-hybridized carbons (Fsp3) is 0.238. The monoisotopic (exact) mass is 381 g/mol. The van der Waals surface area contributed by atoms with E-state index in [2.05, 4.69) is 21.6 Å². The van der Waals surface area contributed by atoms with Crippen LogP contribution in [0.5, 0.6) is 0 Å². The Balaban J connectivity index is 1.90. The predicted octanol–water partition coefficient (Wildman–Crippen LogP) is 3.12. The summed E-state index contributed by atoms with van der Waals surface area (Å²) in [5, 5.41) is 8.49. The Labute approximate surface area is 159 Å². The standard InChI is InChI=1S/C21H23N3O2S/c1-22-21-18-8-5-9-19(24-14-12-23-13-15-24)17(18)10-11-20(21)27(25,26)16-6-3-2-4-7-16/h2-11,22-23H,12-15H2,1H3. The first kappa shape index (κ1) is 17.8. The Morgan fingerprint density at radius 3 is 2.33 bits per heavy atom. The van der Waals surface area contributed by atoms with Crippen molar-refractivity contribution in [2.45, 2.75) is 9.79 Å². The number of fused-ring (bicyclic) bond motifs is 1. The van der Waals surface area contributed by atoms with Crippen molar-refractivity contribution in [1.29, 1.82) is 0 Å². The average molecular weight is 382 g/mol. The minimum absolute atomic E-state index is 0.305. The zero-order chi connectivity index (χ0) is 18.9. The summed E-state index contributed by atoms with van der Waals surface area (Å²) in [6, 6.07) is 18.3. The molecule has 0 aromatic heterocycles. The number of piperazine rings is 1. The Hall–Kier alpha value is -2.57. The number of nitrogens with one attached hydrogen (secondary N) is 2. The van der Waals surface area contributed by atoms with Crippen LogP contribution < -0.4 is 15.5 Å². The first-order valence-corrected chi connectivity index (χ1v) is 10.6. The summed E-state index contributed by atoms with van der Waals surface area (Å²) >= 11 is 0. The molecule has 6 heteroatoms. The molecule has 0 amide bonds. The van der Waals surface area contributed by atoms with E-state index in [-0.39, 0.29) is 0 Å². The molecule has 1 aliphatic heterocycles. The molecule has 27 heavy (non-hydrogen) atoms. The van der Waals surface area contributed by atoms with Gasteiger partial charge in [-0.25, -0.2) is 8.42 Å². The molecule has 0 saturated carbocycles. The van der Waals surface area contributed by atoms with Crippen molar-refractivity contribution >= 4 is 32.0 Å². The van der Waals surface area contributed by atoms with Crippen LogP contribution in [0.1, 0.15) is 0 Å². The van der Waals surface area contributed by atoms with Gasteiger partial charge in [-0.15, -0.1) is 0 Å². The zero-order valence-corrected chi connectivity index (χ0v) is 16.1. The van der Waals surface area contributed by atoms with Gasteiger partial charge in [0.1, 0.15) is 0 Å². The number of hydrogen-bond donors (Lipinski definition) is 2. The molecular formula is C21H23N3O2S. The molecule has 140 valence electrons. The molecule has 1 saturated heterocycles. The molecule has 0 atom stereocenters. The van der Waals surface area contributed by atoms with E-state index in [1.807, 2.05) is 24.3 Å². The number of benzene rings is 3. The van der Waals surface area contributed by atoms with Crippen LogP contribution in [0.15, 0.2) is 70.5 Å². The third-order valence-electron chi connectivity index (χ3n) is 5.05. The molecule has 1 fully saturated rings. The third kappa shape index (κ3) is 3.15. The van der Waals surface area contributed by atoms with Gasteiger partial charge in [0.15, 0.2) is 0 Å². The van der Waals surface area contributed by atoms with Crippen LogP contribution >= 0.6 is 0 Å². The van der Waals surface area contributed by atoms with E-state index in [9.17, 15) is 8.42 Å². The van der Waals surface area contributed by atoms with Gasteiger partial charge in [0, 0.05) is 49.7 Å². The number of rotatable bonds is 4. The summed E-state index contributed by atoms with van der Waals surface area (Å²) in [5.41, 5.74) is 1.79. The summed E-state index contributed by atoms with van der Waals surface area (Å²) in [6.45, 7) is 3.79. The second kappa shape index (κ2) is 7.21. The van der Waals surface area contributed by atoms with Crippen molar-refractivity contribution in [3.8, 4) is 0 Å². The first-order chi connectivity index (χ1) is 13.1.